The van der Waals surface area contributed by atoms with E-state index >= 15 is 0 Å². The second-order valence-electron chi connectivity index (χ2n) is 5.56. The summed E-state index contributed by atoms with van der Waals surface area (Å²) in [7, 11) is 0. The predicted octanol–water partition coefficient (Wildman–Crippen LogP) is 1.93. The Bertz CT molecular complexity index is 461. The zero-order valence-corrected chi connectivity index (χ0v) is 11.4. The Morgan fingerprint density at radius 1 is 1.32 bits per heavy atom. The largest absolute Gasteiger partial charge is 0.454 e. The van der Waals surface area contributed by atoms with E-state index in [4.69, 9.17) is 9.47 Å². The van der Waals surface area contributed by atoms with E-state index in [1.54, 1.807) is 0 Å². The van der Waals surface area contributed by atoms with Gasteiger partial charge in [-0.3, -0.25) is 4.90 Å². The Morgan fingerprint density at radius 3 is 2.89 bits per heavy atom. The van der Waals surface area contributed by atoms with Crippen LogP contribution in [0.4, 0.5) is 0 Å². The van der Waals surface area contributed by atoms with Crippen LogP contribution in [0.3, 0.4) is 0 Å². The number of aryl methyl sites for hydroxylation is 1. The lowest BCUT2D eigenvalue weighted by molar-refractivity contribution is 0.115. The minimum absolute atomic E-state index is 0.302. The van der Waals surface area contributed by atoms with E-state index in [0.717, 1.165) is 37.6 Å². The van der Waals surface area contributed by atoms with E-state index in [1.807, 2.05) is 0 Å². The van der Waals surface area contributed by atoms with Gasteiger partial charge in [0.1, 0.15) is 0 Å². The molecule has 0 spiro atoms. The molecule has 104 valence electrons. The maximum atomic E-state index is 9.29. The minimum Gasteiger partial charge on any atom is -0.454 e. The summed E-state index contributed by atoms with van der Waals surface area (Å²) in [4.78, 5) is 2.43. The van der Waals surface area contributed by atoms with Crippen LogP contribution >= 0.6 is 0 Å². The van der Waals surface area contributed by atoms with Crippen molar-refractivity contribution in [2.45, 2.75) is 26.3 Å². The smallest absolute Gasteiger partial charge is 0.231 e. The highest BCUT2D eigenvalue weighted by Gasteiger charge is 2.21. The summed E-state index contributed by atoms with van der Waals surface area (Å²) in [5, 5.41) is 9.29. The third-order valence-electron chi connectivity index (χ3n) is 4.09. The molecular weight excluding hydrogens is 242 g/mol. The average molecular weight is 263 g/mol. The summed E-state index contributed by atoms with van der Waals surface area (Å²) in [6, 6.07) is 4.16. The van der Waals surface area contributed by atoms with Crippen LogP contribution in [0.15, 0.2) is 12.1 Å². The van der Waals surface area contributed by atoms with Gasteiger partial charge < -0.3 is 14.6 Å². The summed E-state index contributed by atoms with van der Waals surface area (Å²) in [5.41, 5.74) is 2.54. The third-order valence-corrected chi connectivity index (χ3v) is 4.09. The second-order valence-corrected chi connectivity index (χ2v) is 5.56. The molecule has 0 aromatic heterocycles. The highest BCUT2D eigenvalue weighted by Crippen LogP contribution is 2.35. The quantitative estimate of drug-likeness (QED) is 0.905. The molecule has 0 unspecified atom stereocenters. The Hall–Kier alpha value is -1.26. The Labute approximate surface area is 113 Å². The van der Waals surface area contributed by atoms with E-state index in [2.05, 4.69) is 24.0 Å². The lowest BCUT2D eigenvalue weighted by atomic mass is 9.98. The molecule has 0 bridgehead atoms. The van der Waals surface area contributed by atoms with Crippen LogP contribution in [0.25, 0.3) is 0 Å². The summed E-state index contributed by atoms with van der Waals surface area (Å²) in [6.07, 6.45) is 2.32. The van der Waals surface area contributed by atoms with Gasteiger partial charge in [-0.25, -0.2) is 0 Å². The number of likely N-dealkylation sites (tertiary alicyclic amines) is 1. The first-order chi connectivity index (χ1) is 9.26. The van der Waals surface area contributed by atoms with Crippen molar-refractivity contribution in [2.24, 2.45) is 5.92 Å². The standard InChI is InChI=1S/C15H21NO3/c1-11-5-14-15(19-10-18-14)6-13(11)8-16-4-2-3-12(7-16)9-17/h5-6,12,17H,2-4,7-10H2,1H3/t12-/m1/s1. The van der Waals surface area contributed by atoms with E-state index in [-0.39, 0.29) is 0 Å². The minimum atomic E-state index is 0.302. The molecule has 1 aromatic rings. The molecule has 1 N–H and O–H groups in total. The van der Waals surface area contributed by atoms with Crippen LogP contribution in [0.1, 0.15) is 24.0 Å². The van der Waals surface area contributed by atoms with Gasteiger partial charge in [0.15, 0.2) is 11.5 Å². The number of piperidine rings is 1. The van der Waals surface area contributed by atoms with Crippen molar-refractivity contribution < 1.29 is 14.6 Å². The maximum absolute atomic E-state index is 9.29. The van der Waals surface area contributed by atoms with Crippen LogP contribution in [-0.4, -0.2) is 36.5 Å². The first-order valence-corrected chi connectivity index (χ1v) is 6.98. The zero-order chi connectivity index (χ0) is 13.2. The molecule has 0 radical (unpaired) electrons. The fourth-order valence-corrected chi connectivity index (χ4v) is 2.94. The van der Waals surface area contributed by atoms with Crippen molar-refractivity contribution in [1.29, 1.82) is 0 Å². The number of aliphatic hydroxyl groups is 1. The number of rotatable bonds is 3. The summed E-state index contributed by atoms with van der Waals surface area (Å²) in [6.45, 7) is 5.78. The molecule has 2 aliphatic heterocycles. The molecule has 4 nitrogen and oxygen atoms in total. The van der Waals surface area contributed by atoms with Gasteiger partial charge in [-0.15, -0.1) is 0 Å². The highest BCUT2D eigenvalue weighted by molar-refractivity contribution is 5.48. The van der Waals surface area contributed by atoms with Gasteiger partial charge in [-0.1, -0.05) is 0 Å². The second kappa shape index (κ2) is 5.39. The van der Waals surface area contributed by atoms with Gasteiger partial charge >= 0.3 is 0 Å². The van der Waals surface area contributed by atoms with Crippen LogP contribution in [0.2, 0.25) is 0 Å². The molecule has 1 aromatic carbocycles. The molecular formula is C15H21NO3. The lowest BCUT2D eigenvalue weighted by Gasteiger charge is -2.32. The van der Waals surface area contributed by atoms with Crippen LogP contribution in [0, 0.1) is 12.8 Å². The van der Waals surface area contributed by atoms with E-state index in [1.165, 1.54) is 17.5 Å². The fourth-order valence-electron chi connectivity index (χ4n) is 2.94. The monoisotopic (exact) mass is 263 g/mol. The highest BCUT2D eigenvalue weighted by atomic mass is 16.7. The topological polar surface area (TPSA) is 41.9 Å². The first-order valence-electron chi connectivity index (χ1n) is 6.98. The number of hydrogen-bond donors (Lipinski definition) is 1. The molecule has 1 saturated heterocycles. The molecule has 1 atom stereocenters. The van der Waals surface area contributed by atoms with Gasteiger partial charge in [-0.2, -0.15) is 0 Å². The molecule has 3 rings (SSSR count). The van der Waals surface area contributed by atoms with Crippen molar-refractivity contribution >= 4 is 0 Å². The first kappa shape index (κ1) is 12.8. The number of hydrogen-bond acceptors (Lipinski definition) is 4. The molecule has 1 fully saturated rings. The van der Waals surface area contributed by atoms with Crippen molar-refractivity contribution in [1.82, 2.24) is 4.90 Å². The normalized spacial score (nSPS) is 22.7. The average Bonchev–Trinajstić information content (AvgIpc) is 2.86. The van der Waals surface area contributed by atoms with E-state index in [9.17, 15) is 5.11 Å². The Balaban J connectivity index is 1.72. The third kappa shape index (κ3) is 2.69. The summed E-state index contributed by atoms with van der Waals surface area (Å²) < 4.78 is 10.8. The SMILES string of the molecule is Cc1cc2c(cc1CN1CCC[C@@H](CO)C1)OCO2. The number of benzene rings is 1. The van der Waals surface area contributed by atoms with Gasteiger partial charge in [0.25, 0.3) is 0 Å². The predicted molar refractivity (Wildman–Crippen MR) is 72.4 cm³/mol. The number of nitrogens with zero attached hydrogens (tertiary/aromatic N) is 1. The molecule has 0 saturated carbocycles. The number of fused-ring (bicyclic) bond motifs is 1. The molecule has 2 heterocycles. The van der Waals surface area contributed by atoms with Gasteiger partial charge in [0.2, 0.25) is 6.79 Å². The molecule has 0 aliphatic carbocycles. The van der Waals surface area contributed by atoms with Gasteiger partial charge in [0.05, 0.1) is 0 Å². The van der Waals surface area contributed by atoms with Crippen molar-refractivity contribution in [2.75, 3.05) is 26.5 Å². The lowest BCUT2D eigenvalue weighted by Crippen LogP contribution is -2.36. The van der Waals surface area contributed by atoms with Crippen LogP contribution in [0.5, 0.6) is 11.5 Å². The fraction of sp³-hybridized carbons (Fsp3) is 0.600. The van der Waals surface area contributed by atoms with Gasteiger partial charge in [-0.05, 0) is 55.5 Å². The molecule has 19 heavy (non-hydrogen) atoms. The van der Waals surface area contributed by atoms with Crippen LogP contribution in [-0.2, 0) is 6.54 Å². The Morgan fingerprint density at radius 2 is 2.11 bits per heavy atom. The Kier molecular flexibility index (Phi) is 3.62. The molecule has 4 heteroatoms. The van der Waals surface area contributed by atoms with Crippen molar-refractivity contribution in [3.8, 4) is 11.5 Å². The van der Waals surface area contributed by atoms with Crippen molar-refractivity contribution in [3.63, 3.8) is 0 Å². The van der Waals surface area contributed by atoms with E-state index < -0.39 is 0 Å². The molecule has 2 aliphatic rings. The number of aliphatic hydroxyl groups excluding tert-OH is 1. The van der Waals surface area contributed by atoms with Gasteiger partial charge in [0, 0.05) is 19.7 Å². The number of ether oxygens (including phenoxy) is 2. The van der Waals surface area contributed by atoms with Crippen molar-refractivity contribution in [3.05, 3.63) is 23.3 Å². The summed E-state index contributed by atoms with van der Waals surface area (Å²) >= 11 is 0. The summed E-state index contributed by atoms with van der Waals surface area (Å²) in [5.74, 6) is 2.15. The maximum Gasteiger partial charge on any atom is 0.231 e. The zero-order valence-electron chi connectivity index (χ0n) is 11.4. The van der Waals surface area contributed by atoms with E-state index in [0.29, 0.717) is 19.3 Å². The van der Waals surface area contributed by atoms with Crippen LogP contribution < -0.4 is 9.47 Å². The molecule has 0 amide bonds.